The number of nitrogens with one attached hydrogen (secondary N) is 1. The van der Waals surface area contributed by atoms with Gasteiger partial charge >= 0.3 is 0 Å². The number of benzene rings is 2. The van der Waals surface area contributed by atoms with E-state index in [1.165, 1.54) is 6.08 Å². The molecule has 6 nitrogen and oxygen atoms in total. The first-order valence-electron chi connectivity index (χ1n) is 9.82. The van der Waals surface area contributed by atoms with Gasteiger partial charge in [0.1, 0.15) is 6.61 Å². The number of hydrogen-bond donors (Lipinski definition) is 1. The first-order valence-corrected chi connectivity index (χ1v) is 9.82. The molecule has 0 saturated heterocycles. The van der Waals surface area contributed by atoms with Crippen molar-refractivity contribution < 1.29 is 19.1 Å². The predicted molar refractivity (Wildman–Crippen MR) is 120 cm³/mol. The Kier molecular flexibility index (Phi) is 8.69. The smallest absolute Gasteiger partial charge is 0.253 e. The normalized spacial score (nSPS) is 10.5. The van der Waals surface area contributed by atoms with Crippen molar-refractivity contribution in [3.63, 3.8) is 0 Å². The van der Waals surface area contributed by atoms with E-state index in [4.69, 9.17) is 9.47 Å². The number of carbonyl (C=O) groups excluding carboxylic acids is 2. The Balaban J connectivity index is 2.07. The summed E-state index contributed by atoms with van der Waals surface area (Å²) in [5.41, 5.74) is 1.90. The SMILES string of the molecule is C=CCOc1ccc(/C=C/C(=O)Nc2cccc(C(=O)N(CC)CC)c2)cc1OC. The summed E-state index contributed by atoms with van der Waals surface area (Å²) in [6.07, 6.45) is 4.76. The summed E-state index contributed by atoms with van der Waals surface area (Å²) < 4.78 is 10.9. The second kappa shape index (κ2) is 11.5. The lowest BCUT2D eigenvalue weighted by molar-refractivity contribution is -0.111. The molecule has 0 aromatic heterocycles. The van der Waals surface area contributed by atoms with Crippen LogP contribution in [-0.4, -0.2) is 43.5 Å². The highest BCUT2D eigenvalue weighted by molar-refractivity contribution is 6.03. The second-order valence-electron chi connectivity index (χ2n) is 6.39. The van der Waals surface area contributed by atoms with E-state index < -0.39 is 0 Å². The number of anilines is 1. The highest BCUT2D eigenvalue weighted by Gasteiger charge is 2.13. The molecule has 0 saturated carbocycles. The van der Waals surface area contributed by atoms with E-state index in [1.54, 1.807) is 60.6 Å². The molecular formula is C24H28N2O4. The van der Waals surface area contributed by atoms with Gasteiger partial charge < -0.3 is 19.7 Å². The minimum atomic E-state index is -0.298. The summed E-state index contributed by atoms with van der Waals surface area (Å²) in [5, 5.41) is 2.79. The summed E-state index contributed by atoms with van der Waals surface area (Å²) >= 11 is 0. The number of ether oxygens (including phenoxy) is 2. The monoisotopic (exact) mass is 408 g/mol. The average molecular weight is 408 g/mol. The van der Waals surface area contributed by atoms with E-state index >= 15 is 0 Å². The Bertz CT molecular complexity index is 917. The lowest BCUT2D eigenvalue weighted by Crippen LogP contribution is -2.30. The molecule has 0 atom stereocenters. The Hall–Kier alpha value is -3.54. The maximum atomic E-state index is 12.5. The van der Waals surface area contributed by atoms with Crippen LogP contribution in [0.1, 0.15) is 29.8 Å². The minimum absolute atomic E-state index is 0.0579. The van der Waals surface area contributed by atoms with Crippen LogP contribution in [0.5, 0.6) is 11.5 Å². The largest absolute Gasteiger partial charge is 0.493 e. The molecule has 6 heteroatoms. The quantitative estimate of drug-likeness (QED) is 0.468. The third-order valence-electron chi connectivity index (χ3n) is 4.40. The van der Waals surface area contributed by atoms with E-state index in [0.29, 0.717) is 42.4 Å². The van der Waals surface area contributed by atoms with Gasteiger partial charge in [-0.1, -0.05) is 24.8 Å². The lowest BCUT2D eigenvalue weighted by Gasteiger charge is -2.18. The molecule has 2 amide bonds. The summed E-state index contributed by atoms with van der Waals surface area (Å²) in [6.45, 7) is 9.14. The van der Waals surface area contributed by atoms with E-state index in [-0.39, 0.29) is 11.8 Å². The van der Waals surface area contributed by atoms with Crippen molar-refractivity contribution in [3.8, 4) is 11.5 Å². The van der Waals surface area contributed by atoms with Crippen molar-refractivity contribution in [3.05, 3.63) is 72.3 Å². The van der Waals surface area contributed by atoms with E-state index in [9.17, 15) is 9.59 Å². The van der Waals surface area contributed by atoms with Gasteiger partial charge in [0.2, 0.25) is 5.91 Å². The maximum Gasteiger partial charge on any atom is 0.253 e. The minimum Gasteiger partial charge on any atom is -0.493 e. The molecule has 2 aromatic carbocycles. The number of carbonyl (C=O) groups is 2. The summed E-state index contributed by atoms with van der Waals surface area (Å²) in [6, 6.07) is 12.3. The van der Waals surface area contributed by atoms with Gasteiger partial charge in [0, 0.05) is 30.4 Å². The van der Waals surface area contributed by atoms with Crippen LogP contribution >= 0.6 is 0 Å². The zero-order valence-corrected chi connectivity index (χ0v) is 17.7. The molecule has 0 spiro atoms. The van der Waals surface area contributed by atoms with Crippen molar-refractivity contribution in [2.45, 2.75) is 13.8 Å². The molecule has 0 unspecified atom stereocenters. The van der Waals surface area contributed by atoms with Crippen LogP contribution in [0.4, 0.5) is 5.69 Å². The van der Waals surface area contributed by atoms with E-state index in [1.807, 2.05) is 19.9 Å². The van der Waals surface area contributed by atoms with Crippen molar-refractivity contribution in [1.29, 1.82) is 0 Å². The van der Waals surface area contributed by atoms with Crippen molar-refractivity contribution in [2.75, 3.05) is 32.1 Å². The molecule has 0 aliphatic rings. The first kappa shape index (κ1) is 22.7. The van der Waals surface area contributed by atoms with Gasteiger partial charge in [-0.05, 0) is 55.8 Å². The fourth-order valence-corrected chi connectivity index (χ4v) is 2.84. The first-order chi connectivity index (χ1) is 14.5. The average Bonchev–Trinajstić information content (AvgIpc) is 2.77. The molecule has 30 heavy (non-hydrogen) atoms. The summed E-state index contributed by atoms with van der Waals surface area (Å²) in [4.78, 5) is 26.5. The molecule has 158 valence electrons. The Morgan fingerprint density at radius 2 is 1.87 bits per heavy atom. The second-order valence-corrected chi connectivity index (χ2v) is 6.39. The molecule has 0 aliphatic carbocycles. The fourth-order valence-electron chi connectivity index (χ4n) is 2.84. The standard InChI is InChI=1S/C24H28N2O4/c1-5-15-30-21-13-11-18(16-22(21)29-4)12-14-23(27)25-20-10-8-9-19(17-20)24(28)26(6-2)7-3/h5,8-14,16-17H,1,6-7,15H2,2-4H3,(H,25,27)/b14-12+. The number of amides is 2. The topological polar surface area (TPSA) is 67.9 Å². The summed E-state index contributed by atoms with van der Waals surface area (Å²) in [5.74, 6) is 0.821. The van der Waals surface area contributed by atoms with Gasteiger partial charge in [0.15, 0.2) is 11.5 Å². The van der Waals surface area contributed by atoms with Crippen LogP contribution < -0.4 is 14.8 Å². The molecule has 0 fully saturated rings. The Morgan fingerprint density at radius 3 is 2.53 bits per heavy atom. The Labute approximate surface area is 177 Å². The zero-order valence-electron chi connectivity index (χ0n) is 17.7. The lowest BCUT2D eigenvalue weighted by atomic mass is 10.1. The molecule has 2 aromatic rings. The highest BCUT2D eigenvalue weighted by Crippen LogP contribution is 2.28. The zero-order chi connectivity index (χ0) is 21.9. The predicted octanol–water partition coefficient (Wildman–Crippen LogP) is 4.39. The van der Waals surface area contributed by atoms with E-state index in [0.717, 1.165) is 5.56 Å². The maximum absolute atomic E-state index is 12.5. The number of hydrogen-bond acceptors (Lipinski definition) is 4. The Morgan fingerprint density at radius 1 is 1.10 bits per heavy atom. The van der Waals surface area contributed by atoms with Gasteiger partial charge in [0.05, 0.1) is 7.11 Å². The van der Waals surface area contributed by atoms with Gasteiger partial charge in [-0.2, -0.15) is 0 Å². The molecule has 0 heterocycles. The van der Waals surface area contributed by atoms with Crippen LogP contribution in [0.3, 0.4) is 0 Å². The third-order valence-corrected chi connectivity index (χ3v) is 4.40. The molecule has 1 N–H and O–H groups in total. The number of nitrogens with zero attached hydrogens (tertiary/aromatic N) is 1. The van der Waals surface area contributed by atoms with Crippen LogP contribution in [0, 0.1) is 0 Å². The molecule has 2 rings (SSSR count). The molecular weight excluding hydrogens is 380 g/mol. The third kappa shape index (κ3) is 6.24. The van der Waals surface area contributed by atoms with Crippen LogP contribution in [0.2, 0.25) is 0 Å². The van der Waals surface area contributed by atoms with Crippen molar-refractivity contribution in [1.82, 2.24) is 4.90 Å². The van der Waals surface area contributed by atoms with E-state index in [2.05, 4.69) is 11.9 Å². The van der Waals surface area contributed by atoms with Crippen LogP contribution in [0.25, 0.3) is 6.08 Å². The number of rotatable bonds is 10. The molecule has 0 bridgehead atoms. The van der Waals surface area contributed by atoms with Crippen molar-refractivity contribution >= 4 is 23.6 Å². The molecule has 0 aliphatic heterocycles. The van der Waals surface area contributed by atoms with Gasteiger partial charge in [-0.25, -0.2) is 0 Å². The van der Waals surface area contributed by atoms with Crippen LogP contribution in [0.15, 0.2) is 61.2 Å². The van der Waals surface area contributed by atoms with Gasteiger partial charge in [0.25, 0.3) is 5.91 Å². The highest BCUT2D eigenvalue weighted by atomic mass is 16.5. The van der Waals surface area contributed by atoms with Gasteiger partial charge in [-0.3, -0.25) is 9.59 Å². The fraction of sp³-hybridized carbons (Fsp3) is 0.250. The molecule has 0 radical (unpaired) electrons. The van der Waals surface area contributed by atoms with Crippen LogP contribution in [-0.2, 0) is 4.79 Å². The summed E-state index contributed by atoms with van der Waals surface area (Å²) in [7, 11) is 1.56. The van der Waals surface area contributed by atoms with Crippen molar-refractivity contribution in [2.24, 2.45) is 0 Å². The number of methoxy groups -OCH3 is 1. The van der Waals surface area contributed by atoms with Gasteiger partial charge in [-0.15, -0.1) is 0 Å².